The van der Waals surface area contributed by atoms with Crippen LogP contribution in [-0.4, -0.2) is 28.9 Å². The first-order valence-corrected chi connectivity index (χ1v) is 5.39. The Labute approximate surface area is 90.1 Å². The van der Waals surface area contributed by atoms with Gasteiger partial charge in [0.25, 0.3) is 5.91 Å². The molecule has 0 radical (unpaired) electrons. The summed E-state index contributed by atoms with van der Waals surface area (Å²) < 4.78 is 0. The summed E-state index contributed by atoms with van der Waals surface area (Å²) in [5.41, 5.74) is 0.555. The Morgan fingerprint density at radius 2 is 2.20 bits per heavy atom. The average Bonchev–Trinajstić information content (AvgIpc) is 2.16. The number of likely N-dealkylation sites (tertiary alicyclic amines) is 1. The molecule has 3 nitrogen and oxygen atoms in total. The van der Waals surface area contributed by atoms with Crippen LogP contribution in [0.25, 0.3) is 0 Å². The fourth-order valence-corrected chi connectivity index (χ4v) is 1.75. The Morgan fingerprint density at radius 1 is 1.47 bits per heavy atom. The van der Waals surface area contributed by atoms with Gasteiger partial charge in [0, 0.05) is 19.3 Å². The number of aromatic nitrogens is 1. The first-order chi connectivity index (χ1) is 7.18. The molecule has 80 valence electrons. The molecular weight excluding hydrogens is 188 g/mol. The minimum Gasteiger partial charge on any atom is -0.337 e. The molecule has 0 atom stereocenters. The zero-order valence-electron chi connectivity index (χ0n) is 9.18. The smallest absolute Gasteiger partial charge is 0.272 e. The van der Waals surface area contributed by atoms with Crippen molar-refractivity contribution in [2.24, 2.45) is 11.8 Å². The monoisotopic (exact) mass is 204 g/mol. The predicted octanol–water partition coefficient (Wildman–Crippen LogP) is 1.81. The highest BCUT2D eigenvalue weighted by Crippen LogP contribution is 2.24. The molecule has 0 N–H and O–H groups in total. The van der Waals surface area contributed by atoms with Crippen LogP contribution in [0, 0.1) is 11.8 Å². The summed E-state index contributed by atoms with van der Waals surface area (Å²) >= 11 is 0. The summed E-state index contributed by atoms with van der Waals surface area (Å²) in [6, 6.07) is 5.44. The summed E-state index contributed by atoms with van der Waals surface area (Å²) in [4.78, 5) is 17.8. The molecule has 1 aromatic heterocycles. The number of carbonyl (C=O) groups excluding carboxylic acids is 1. The highest BCUT2D eigenvalue weighted by atomic mass is 16.2. The first-order valence-electron chi connectivity index (χ1n) is 5.39. The fourth-order valence-electron chi connectivity index (χ4n) is 1.75. The quantitative estimate of drug-likeness (QED) is 0.736. The van der Waals surface area contributed by atoms with Gasteiger partial charge in [0.15, 0.2) is 0 Å². The highest BCUT2D eigenvalue weighted by molar-refractivity contribution is 5.92. The number of amides is 1. The molecule has 1 aliphatic heterocycles. The second-order valence-corrected chi connectivity index (χ2v) is 4.43. The summed E-state index contributed by atoms with van der Waals surface area (Å²) in [5, 5.41) is 0. The van der Waals surface area contributed by atoms with Crippen molar-refractivity contribution < 1.29 is 4.79 Å². The zero-order valence-corrected chi connectivity index (χ0v) is 9.18. The van der Waals surface area contributed by atoms with Crippen LogP contribution in [-0.2, 0) is 0 Å². The molecule has 0 aromatic carbocycles. The second kappa shape index (κ2) is 4.01. The van der Waals surface area contributed by atoms with Gasteiger partial charge in [-0.2, -0.15) is 0 Å². The minimum atomic E-state index is 0.0625. The summed E-state index contributed by atoms with van der Waals surface area (Å²) in [7, 11) is 0. The van der Waals surface area contributed by atoms with Crippen molar-refractivity contribution >= 4 is 5.91 Å². The maximum absolute atomic E-state index is 11.9. The van der Waals surface area contributed by atoms with E-state index in [9.17, 15) is 4.79 Å². The zero-order chi connectivity index (χ0) is 10.8. The normalized spacial score (nSPS) is 16.6. The largest absolute Gasteiger partial charge is 0.337 e. The molecule has 1 aromatic rings. The molecule has 15 heavy (non-hydrogen) atoms. The molecule has 0 aliphatic carbocycles. The van der Waals surface area contributed by atoms with Crippen LogP contribution in [0.4, 0.5) is 0 Å². The average molecular weight is 204 g/mol. The van der Waals surface area contributed by atoms with Gasteiger partial charge in [0.2, 0.25) is 0 Å². The Bertz CT molecular complexity index is 342. The molecule has 2 heterocycles. The lowest BCUT2D eigenvalue weighted by atomic mass is 9.88. The van der Waals surface area contributed by atoms with Crippen molar-refractivity contribution in [2.75, 3.05) is 13.1 Å². The molecule has 1 amide bonds. The highest BCUT2D eigenvalue weighted by Gasteiger charge is 2.33. The summed E-state index contributed by atoms with van der Waals surface area (Å²) in [6.07, 6.45) is 1.66. The first kappa shape index (κ1) is 10.1. The van der Waals surface area contributed by atoms with Crippen LogP contribution in [0.2, 0.25) is 0 Å². The van der Waals surface area contributed by atoms with Crippen molar-refractivity contribution in [2.45, 2.75) is 13.8 Å². The minimum absolute atomic E-state index is 0.0625. The van der Waals surface area contributed by atoms with Gasteiger partial charge in [-0.3, -0.25) is 9.78 Å². The molecule has 1 saturated heterocycles. The van der Waals surface area contributed by atoms with Crippen LogP contribution in [0.15, 0.2) is 24.4 Å². The van der Waals surface area contributed by atoms with E-state index in [4.69, 9.17) is 0 Å². The maximum Gasteiger partial charge on any atom is 0.272 e. The van der Waals surface area contributed by atoms with E-state index in [1.807, 2.05) is 17.0 Å². The van der Waals surface area contributed by atoms with E-state index in [1.54, 1.807) is 12.3 Å². The SMILES string of the molecule is CC(C)C1CN(C(=O)c2ccccn2)C1. The van der Waals surface area contributed by atoms with E-state index < -0.39 is 0 Å². The molecule has 1 aliphatic rings. The van der Waals surface area contributed by atoms with Gasteiger partial charge in [0.1, 0.15) is 5.69 Å². The standard InChI is InChI=1S/C12H16N2O/c1-9(2)10-7-14(8-10)12(15)11-5-3-4-6-13-11/h3-6,9-10H,7-8H2,1-2H3. The van der Waals surface area contributed by atoms with Crippen LogP contribution in [0.5, 0.6) is 0 Å². The number of nitrogens with zero attached hydrogens (tertiary/aromatic N) is 2. The Balaban J connectivity index is 1.95. The fraction of sp³-hybridized carbons (Fsp3) is 0.500. The van der Waals surface area contributed by atoms with E-state index in [1.165, 1.54) is 0 Å². The summed E-state index contributed by atoms with van der Waals surface area (Å²) in [6.45, 7) is 6.17. The van der Waals surface area contributed by atoms with Crippen molar-refractivity contribution in [1.82, 2.24) is 9.88 Å². The van der Waals surface area contributed by atoms with E-state index in [0.29, 0.717) is 17.5 Å². The Hall–Kier alpha value is -1.38. The van der Waals surface area contributed by atoms with Crippen molar-refractivity contribution in [3.8, 4) is 0 Å². The van der Waals surface area contributed by atoms with Crippen molar-refractivity contribution in [3.63, 3.8) is 0 Å². The topological polar surface area (TPSA) is 33.2 Å². The second-order valence-electron chi connectivity index (χ2n) is 4.43. The lowest BCUT2D eigenvalue weighted by molar-refractivity contribution is 0.0402. The van der Waals surface area contributed by atoms with Gasteiger partial charge in [-0.25, -0.2) is 0 Å². The molecule has 0 spiro atoms. The number of pyridine rings is 1. The van der Waals surface area contributed by atoms with Crippen LogP contribution >= 0.6 is 0 Å². The van der Waals surface area contributed by atoms with Gasteiger partial charge >= 0.3 is 0 Å². The Morgan fingerprint density at radius 3 is 2.73 bits per heavy atom. The molecule has 0 bridgehead atoms. The molecule has 0 saturated carbocycles. The van der Waals surface area contributed by atoms with Gasteiger partial charge in [-0.05, 0) is 24.0 Å². The van der Waals surface area contributed by atoms with Gasteiger partial charge < -0.3 is 4.90 Å². The maximum atomic E-state index is 11.9. The van der Waals surface area contributed by atoms with E-state index in [2.05, 4.69) is 18.8 Å². The number of carbonyl (C=O) groups is 1. The van der Waals surface area contributed by atoms with Crippen molar-refractivity contribution in [1.29, 1.82) is 0 Å². The molecule has 3 heteroatoms. The van der Waals surface area contributed by atoms with Crippen molar-refractivity contribution in [3.05, 3.63) is 30.1 Å². The number of hydrogen-bond donors (Lipinski definition) is 0. The predicted molar refractivity (Wildman–Crippen MR) is 58.5 cm³/mol. The third kappa shape index (κ3) is 2.01. The molecular formula is C12H16N2O. The van der Waals surface area contributed by atoms with Gasteiger partial charge in [-0.15, -0.1) is 0 Å². The molecule has 2 rings (SSSR count). The van der Waals surface area contributed by atoms with Crippen LogP contribution in [0.3, 0.4) is 0 Å². The number of hydrogen-bond acceptors (Lipinski definition) is 2. The molecule has 0 unspecified atom stereocenters. The Kier molecular flexibility index (Phi) is 2.71. The third-order valence-corrected chi connectivity index (χ3v) is 3.02. The summed E-state index contributed by atoms with van der Waals surface area (Å²) in [5.74, 6) is 1.39. The van der Waals surface area contributed by atoms with E-state index in [-0.39, 0.29) is 5.91 Å². The van der Waals surface area contributed by atoms with Gasteiger partial charge in [0.05, 0.1) is 0 Å². The molecule has 1 fully saturated rings. The van der Waals surface area contributed by atoms with E-state index >= 15 is 0 Å². The van der Waals surface area contributed by atoms with Gasteiger partial charge in [-0.1, -0.05) is 19.9 Å². The number of rotatable bonds is 2. The lowest BCUT2D eigenvalue weighted by Crippen LogP contribution is -2.52. The van der Waals surface area contributed by atoms with Crippen LogP contribution in [0.1, 0.15) is 24.3 Å². The van der Waals surface area contributed by atoms with Crippen LogP contribution < -0.4 is 0 Å². The lowest BCUT2D eigenvalue weighted by Gasteiger charge is -2.41. The van der Waals surface area contributed by atoms with E-state index in [0.717, 1.165) is 13.1 Å². The third-order valence-electron chi connectivity index (χ3n) is 3.02.